The second-order valence-corrected chi connectivity index (χ2v) is 8.72. The first-order valence-corrected chi connectivity index (χ1v) is 11.9. The molecule has 2 N–H and O–H groups in total. The van der Waals surface area contributed by atoms with Gasteiger partial charge in [-0.1, -0.05) is 12.1 Å². The van der Waals surface area contributed by atoms with E-state index in [1.807, 2.05) is 29.6 Å². The van der Waals surface area contributed by atoms with Gasteiger partial charge < -0.3 is 24.5 Å². The average Bonchev–Trinajstić information content (AvgIpc) is 3.36. The first-order valence-electron chi connectivity index (χ1n) is 11.0. The van der Waals surface area contributed by atoms with Gasteiger partial charge in [-0.3, -0.25) is 14.4 Å². The summed E-state index contributed by atoms with van der Waals surface area (Å²) < 4.78 is 6.79. The number of aryl methyl sites for hydroxylation is 1. The minimum Gasteiger partial charge on any atom is -0.378 e. The Morgan fingerprint density at radius 1 is 1.15 bits per heavy atom. The van der Waals surface area contributed by atoms with E-state index in [1.165, 1.54) is 4.57 Å². The molecule has 4 aromatic rings. The Morgan fingerprint density at radius 3 is 2.65 bits per heavy atom. The van der Waals surface area contributed by atoms with Crippen LogP contribution in [0.4, 0.5) is 10.8 Å². The number of hydrogen-bond donors (Lipinski definition) is 2. The number of thiazole rings is 1. The smallest absolute Gasteiger partial charge is 0.316 e. The van der Waals surface area contributed by atoms with Crippen LogP contribution in [0.5, 0.6) is 0 Å². The third-order valence-corrected chi connectivity index (χ3v) is 6.67. The maximum absolute atomic E-state index is 12.8. The van der Waals surface area contributed by atoms with E-state index in [4.69, 9.17) is 9.72 Å². The van der Waals surface area contributed by atoms with Crippen LogP contribution >= 0.6 is 11.3 Å². The van der Waals surface area contributed by atoms with Crippen LogP contribution in [0.25, 0.3) is 22.3 Å². The molecule has 1 aliphatic heterocycles. The van der Waals surface area contributed by atoms with Gasteiger partial charge in [-0.15, -0.1) is 11.3 Å². The largest absolute Gasteiger partial charge is 0.378 e. The molecule has 0 spiro atoms. The van der Waals surface area contributed by atoms with Gasteiger partial charge in [-0.05, 0) is 37.3 Å². The molecule has 174 valence electrons. The minimum absolute atomic E-state index is 0.312. The molecule has 1 aliphatic rings. The topological polar surface area (TPSA) is 109 Å². The monoisotopic (exact) mass is 477 g/mol. The molecule has 9 nitrogen and oxygen atoms in total. The number of nitrogens with zero attached hydrogens (tertiary/aromatic N) is 3. The Hall–Kier alpha value is -3.76. The van der Waals surface area contributed by atoms with E-state index in [0.29, 0.717) is 28.8 Å². The molecule has 1 saturated heterocycles. The summed E-state index contributed by atoms with van der Waals surface area (Å²) in [5, 5.41) is 5.89. The number of benzene rings is 2. The molecule has 3 heterocycles. The van der Waals surface area contributed by atoms with Crippen LogP contribution in [0.2, 0.25) is 0 Å². The lowest BCUT2D eigenvalue weighted by Crippen LogP contribution is -2.36. The Kier molecular flexibility index (Phi) is 5.99. The van der Waals surface area contributed by atoms with Crippen LogP contribution in [-0.4, -0.2) is 46.7 Å². The predicted octanol–water partition coefficient (Wildman–Crippen LogP) is 2.92. The van der Waals surface area contributed by atoms with Crippen molar-refractivity contribution in [3.63, 3.8) is 0 Å². The van der Waals surface area contributed by atoms with Gasteiger partial charge in [-0.2, -0.15) is 0 Å². The van der Waals surface area contributed by atoms with Crippen molar-refractivity contribution in [1.29, 1.82) is 0 Å². The SMILES string of the molecule is CCn1c(=O)c(=O)[nH]c2cc(C(=O)Nc3ccc(-c4csc(N5CCOCC5)n4)cc3)ccc21. The standard InChI is InChI=1S/C24H23N5O4S/c1-2-29-20-8-5-16(13-18(20)26-22(31)23(29)32)21(30)25-17-6-3-15(4-7-17)19-14-34-24(27-19)28-9-11-33-12-10-28/h3-8,13-14H,2,9-12H2,1H3,(H,25,30)(H,26,31). The second-order valence-electron chi connectivity index (χ2n) is 7.88. The number of H-pyrrole nitrogens is 1. The van der Waals surface area contributed by atoms with Crippen molar-refractivity contribution in [2.75, 3.05) is 36.5 Å². The molecule has 1 amide bonds. The number of aromatic nitrogens is 3. The van der Waals surface area contributed by atoms with Crippen LogP contribution in [0.1, 0.15) is 17.3 Å². The Bertz CT molecular complexity index is 1470. The lowest BCUT2D eigenvalue weighted by molar-refractivity contribution is 0.102. The van der Waals surface area contributed by atoms with Crippen LogP contribution in [0.15, 0.2) is 57.4 Å². The van der Waals surface area contributed by atoms with E-state index in [1.54, 1.807) is 36.5 Å². The molecule has 2 aromatic heterocycles. The van der Waals surface area contributed by atoms with Crippen molar-refractivity contribution < 1.29 is 9.53 Å². The fourth-order valence-corrected chi connectivity index (χ4v) is 4.85. The first-order chi connectivity index (χ1) is 16.5. The van der Waals surface area contributed by atoms with Gasteiger partial charge in [0.05, 0.1) is 29.9 Å². The van der Waals surface area contributed by atoms with Gasteiger partial charge in [-0.25, -0.2) is 4.98 Å². The van der Waals surface area contributed by atoms with Crippen LogP contribution in [0.3, 0.4) is 0 Å². The number of carbonyl (C=O) groups excluding carboxylic acids is 1. The Balaban J connectivity index is 1.32. The zero-order chi connectivity index (χ0) is 23.7. The fraction of sp³-hybridized carbons (Fsp3) is 0.250. The van der Waals surface area contributed by atoms with Crippen molar-refractivity contribution in [2.45, 2.75) is 13.5 Å². The normalized spacial score (nSPS) is 13.9. The van der Waals surface area contributed by atoms with Crippen LogP contribution < -0.4 is 21.3 Å². The third kappa shape index (κ3) is 4.25. The summed E-state index contributed by atoms with van der Waals surface area (Å²) in [6.07, 6.45) is 0. The average molecular weight is 478 g/mol. The van der Waals surface area contributed by atoms with Crippen molar-refractivity contribution in [2.24, 2.45) is 0 Å². The van der Waals surface area contributed by atoms with Crippen molar-refractivity contribution in [1.82, 2.24) is 14.5 Å². The number of nitrogens with one attached hydrogen (secondary N) is 2. The number of hydrogen-bond acceptors (Lipinski definition) is 7. The second kappa shape index (κ2) is 9.24. The van der Waals surface area contributed by atoms with Gasteiger partial charge >= 0.3 is 11.1 Å². The summed E-state index contributed by atoms with van der Waals surface area (Å²) in [4.78, 5) is 46.3. The lowest BCUT2D eigenvalue weighted by Gasteiger charge is -2.26. The highest BCUT2D eigenvalue weighted by atomic mass is 32.1. The van der Waals surface area contributed by atoms with Gasteiger partial charge in [0.2, 0.25) is 0 Å². The van der Waals surface area contributed by atoms with E-state index in [9.17, 15) is 14.4 Å². The number of carbonyl (C=O) groups is 1. The van der Waals surface area contributed by atoms with Crippen molar-refractivity contribution in [3.05, 3.63) is 74.1 Å². The van der Waals surface area contributed by atoms with Crippen LogP contribution in [0, 0.1) is 0 Å². The highest BCUT2D eigenvalue weighted by Gasteiger charge is 2.16. The minimum atomic E-state index is -0.707. The maximum Gasteiger partial charge on any atom is 0.316 e. The van der Waals surface area contributed by atoms with Gasteiger partial charge in [0.1, 0.15) is 0 Å². The third-order valence-electron chi connectivity index (χ3n) is 5.77. The zero-order valence-electron chi connectivity index (χ0n) is 18.5. The zero-order valence-corrected chi connectivity index (χ0v) is 19.4. The highest BCUT2D eigenvalue weighted by Crippen LogP contribution is 2.28. The highest BCUT2D eigenvalue weighted by molar-refractivity contribution is 7.14. The molecule has 0 unspecified atom stereocenters. The van der Waals surface area contributed by atoms with Crippen LogP contribution in [-0.2, 0) is 11.3 Å². The number of rotatable bonds is 5. The number of fused-ring (bicyclic) bond motifs is 1. The molecule has 0 saturated carbocycles. The molecule has 10 heteroatoms. The van der Waals surface area contributed by atoms with E-state index in [-0.39, 0.29) is 5.91 Å². The maximum atomic E-state index is 12.8. The summed E-state index contributed by atoms with van der Waals surface area (Å²) in [5.41, 5.74) is 2.58. The van der Waals surface area contributed by atoms with Crippen molar-refractivity contribution in [3.8, 4) is 11.3 Å². The summed E-state index contributed by atoms with van der Waals surface area (Å²) in [6.45, 7) is 5.28. The first kappa shape index (κ1) is 22.1. The van der Waals surface area contributed by atoms with E-state index in [0.717, 1.165) is 42.7 Å². The van der Waals surface area contributed by atoms with Gasteiger partial charge in [0, 0.05) is 41.8 Å². The van der Waals surface area contributed by atoms with E-state index >= 15 is 0 Å². The van der Waals surface area contributed by atoms with Gasteiger partial charge in [0.25, 0.3) is 5.91 Å². The quantitative estimate of drug-likeness (QED) is 0.428. The molecule has 0 bridgehead atoms. The molecular formula is C24H23N5O4S. The number of aromatic amines is 1. The molecule has 0 atom stereocenters. The molecular weight excluding hydrogens is 454 g/mol. The number of anilines is 2. The van der Waals surface area contributed by atoms with Gasteiger partial charge in [0.15, 0.2) is 5.13 Å². The molecule has 2 aromatic carbocycles. The summed E-state index contributed by atoms with van der Waals surface area (Å²) in [6, 6.07) is 12.4. The summed E-state index contributed by atoms with van der Waals surface area (Å²) in [7, 11) is 0. The van der Waals surface area contributed by atoms with E-state index in [2.05, 4.69) is 15.2 Å². The Labute approximate surface area is 198 Å². The molecule has 0 aliphatic carbocycles. The Morgan fingerprint density at radius 2 is 1.91 bits per heavy atom. The molecule has 5 rings (SSSR count). The predicted molar refractivity (Wildman–Crippen MR) is 133 cm³/mol. The summed E-state index contributed by atoms with van der Waals surface area (Å²) in [5.74, 6) is -0.312. The lowest BCUT2D eigenvalue weighted by atomic mass is 10.1. The fourth-order valence-electron chi connectivity index (χ4n) is 3.96. The molecule has 34 heavy (non-hydrogen) atoms. The van der Waals surface area contributed by atoms with Crippen molar-refractivity contribution >= 4 is 39.1 Å². The number of amides is 1. The van der Waals surface area contributed by atoms with E-state index < -0.39 is 11.1 Å². The molecule has 0 radical (unpaired) electrons. The number of morpholine rings is 1. The molecule has 1 fully saturated rings. The summed E-state index contributed by atoms with van der Waals surface area (Å²) >= 11 is 1.61. The number of ether oxygens (including phenoxy) is 1.